The predicted molar refractivity (Wildman–Crippen MR) is 95.6 cm³/mol. The highest BCUT2D eigenvalue weighted by Gasteiger charge is 2.27. The molecule has 2 atom stereocenters. The van der Waals surface area contributed by atoms with E-state index < -0.39 is 5.60 Å². The van der Waals surface area contributed by atoms with Crippen molar-refractivity contribution in [1.29, 1.82) is 0 Å². The van der Waals surface area contributed by atoms with Gasteiger partial charge in [0.05, 0.1) is 0 Å². The molecule has 1 aliphatic rings. The topological polar surface area (TPSA) is 41.6 Å². The van der Waals surface area contributed by atoms with Crippen LogP contribution >= 0.6 is 11.8 Å². The highest BCUT2D eigenvalue weighted by molar-refractivity contribution is 7.99. The van der Waals surface area contributed by atoms with Crippen LogP contribution in [-0.4, -0.2) is 53.8 Å². The van der Waals surface area contributed by atoms with E-state index in [1.165, 1.54) is 24.3 Å². The smallest absolute Gasteiger partial charge is 0.410 e. The first-order valence-corrected chi connectivity index (χ1v) is 9.76. The largest absolute Gasteiger partial charge is 0.444 e. The van der Waals surface area contributed by atoms with Gasteiger partial charge in [0.2, 0.25) is 0 Å². The number of hydrogen-bond donors (Lipinski definition) is 1. The highest BCUT2D eigenvalue weighted by atomic mass is 32.2. The van der Waals surface area contributed by atoms with E-state index in [1.54, 1.807) is 0 Å². The van der Waals surface area contributed by atoms with Crippen LogP contribution in [0.5, 0.6) is 0 Å². The fourth-order valence-electron chi connectivity index (χ4n) is 2.60. The third kappa shape index (κ3) is 8.28. The number of likely N-dealkylation sites (tertiary alicyclic amines) is 1. The van der Waals surface area contributed by atoms with Crippen LogP contribution < -0.4 is 5.32 Å². The molecule has 0 spiro atoms. The molecule has 0 aromatic heterocycles. The second-order valence-corrected chi connectivity index (χ2v) is 8.62. The first-order valence-electron chi connectivity index (χ1n) is 8.61. The molecular formula is C17H34N2O2S. The van der Waals surface area contributed by atoms with Crippen molar-refractivity contribution in [3.05, 3.63) is 0 Å². The van der Waals surface area contributed by atoms with E-state index in [4.69, 9.17) is 4.74 Å². The zero-order valence-corrected chi connectivity index (χ0v) is 15.8. The lowest BCUT2D eigenvalue weighted by Gasteiger charge is -2.34. The molecule has 4 nitrogen and oxygen atoms in total. The molecule has 0 saturated carbocycles. The first-order chi connectivity index (χ1) is 10.3. The van der Waals surface area contributed by atoms with Gasteiger partial charge in [-0.1, -0.05) is 6.92 Å². The van der Waals surface area contributed by atoms with E-state index in [1.807, 2.05) is 37.4 Å². The minimum absolute atomic E-state index is 0.162. The molecule has 2 unspecified atom stereocenters. The van der Waals surface area contributed by atoms with Crippen molar-refractivity contribution in [2.45, 2.75) is 65.5 Å². The van der Waals surface area contributed by atoms with Crippen LogP contribution in [0.25, 0.3) is 0 Å². The fourth-order valence-corrected chi connectivity index (χ4v) is 3.41. The van der Waals surface area contributed by atoms with Crippen molar-refractivity contribution in [2.24, 2.45) is 5.92 Å². The molecule has 1 rings (SSSR count). The van der Waals surface area contributed by atoms with E-state index in [2.05, 4.69) is 19.2 Å². The normalized spacial score (nSPS) is 20.8. The Balaban J connectivity index is 2.29. The lowest BCUT2D eigenvalue weighted by Crippen LogP contribution is -2.45. The summed E-state index contributed by atoms with van der Waals surface area (Å²) in [7, 11) is 0. The molecule has 5 heteroatoms. The van der Waals surface area contributed by atoms with Crippen molar-refractivity contribution in [3.8, 4) is 0 Å². The summed E-state index contributed by atoms with van der Waals surface area (Å²) in [5, 5.41) is 3.63. The molecule has 1 saturated heterocycles. The molecule has 1 fully saturated rings. The molecule has 130 valence electrons. The quantitative estimate of drug-likeness (QED) is 0.722. The number of nitrogens with zero attached hydrogens (tertiary/aromatic N) is 1. The molecule has 1 N–H and O–H groups in total. The Morgan fingerprint density at radius 3 is 2.82 bits per heavy atom. The molecule has 0 aromatic rings. The van der Waals surface area contributed by atoms with Gasteiger partial charge in [-0.2, -0.15) is 11.8 Å². The molecule has 1 amide bonds. The number of piperidine rings is 1. The molecule has 1 heterocycles. The van der Waals surface area contributed by atoms with Crippen LogP contribution in [0, 0.1) is 5.92 Å². The number of carbonyl (C=O) groups is 1. The Morgan fingerprint density at radius 1 is 1.45 bits per heavy atom. The van der Waals surface area contributed by atoms with Crippen molar-refractivity contribution >= 4 is 17.9 Å². The van der Waals surface area contributed by atoms with E-state index >= 15 is 0 Å². The second kappa shape index (κ2) is 9.66. The minimum Gasteiger partial charge on any atom is -0.444 e. The summed E-state index contributed by atoms with van der Waals surface area (Å²) in [4.78, 5) is 14.0. The number of hydrogen-bond acceptors (Lipinski definition) is 4. The second-order valence-electron chi connectivity index (χ2n) is 7.23. The average Bonchev–Trinajstić information content (AvgIpc) is 2.44. The molecule has 0 radical (unpaired) electrons. The Hall–Kier alpha value is -0.420. The lowest BCUT2D eigenvalue weighted by molar-refractivity contribution is 0.0165. The van der Waals surface area contributed by atoms with Gasteiger partial charge in [-0.3, -0.25) is 0 Å². The summed E-state index contributed by atoms with van der Waals surface area (Å²) < 4.78 is 5.48. The Kier molecular flexibility index (Phi) is 8.62. The van der Waals surface area contributed by atoms with Crippen LogP contribution in [0.3, 0.4) is 0 Å². The Bertz CT molecular complexity index is 331. The summed E-state index contributed by atoms with van der Waals surface area (Å²) in [6.45, 7) is 12.9. The van der Waals surface area contributed by atoms with Gasteiger partial charge < -0.3 is 15.0 Å². The summed E-state index contributed by atoms with van der Waals surface area (Å²) in [5.41, 5.74) is -0.409. The average molecular weight is 331 g/mol. The first kappa shape index (κ1) is 19.6. The number of ether oxygens (including phenoxy) is 1. The van der Waals surface area contributed by atoms with Gasteiger partial charge in [-0.15, -0.1) is 0 Å². The number of carbonyl (C=O) groups excluding carboxylic acids is 1. The van der Waals surface area contributed by atoms with E-state index in [0.717, 1.165) is 26.1 Å². The van der Waals surface area contributed by atoms with Gasteiger partial charge in [-0.25, -0.2) is 4.79 Å². The zero-order chi connectivity index (χ0) is 16.6. The monoisotopic (exact) mass is 330 g/mol. The maximum absolute atomic E-state index is 12.2. The third-order valence-electron chi connectivity index (χ3n) is 3.82. The van der Waals surface area contributed by atoms with Crippen molar-refractivity contribution in [3.63, 3.8) is 0 Å². The summed E-state index contributed by atoms with van der Waals surface area (Å²) in [5.74, 6) is 2.96. The minimum atomic E-state index is -0.409. The molecular weight excluding hydrogens is 296 g/mol. The van der Waals surface area contributed by atoms with Crippen LogP contribution in [0.15, 0.2) is 0 Å². The van der Waals surface area contributed by atoms with Crippen LogP contribution in [0.1, 0.15) is 53.9 Å². The Labute approximate surface area is 140 Å². The third-order valence-corrected chi connectivity index (χ3v) is 4.76. The van der Waals surface area contributed by atoms with Crippen molar-refractivity contribution < 1.29 is 9.53 Å². The molecule has 0 aromatic carbocycles. The molecule has 0 aliphatic carbocycles. The SMILES string of the molecule is CCSCCC(C)NCC1CCCN(C(=O)OC(C)(C)C)C1. The van der Waals surface area contributed by atoms with Gasteiger partial charge in [0.25, 0.3) is 0 Å². The zero-order valence-electron chi connectivity index (χ0n) is 15.0. The van der Waals surface area contributed by atoms with E-state index in [-0.39, 0.29) is 6.09 Å². The number of amides is 1. The van der Waals surface area contributed by atoms with Gasteiger partial charge in [-0.05, 0) is 70.9 Å². The summed E-state index contributed by atoms with van der Waals surface area (Å²) in [6.07, 6.45) is 3.32. The van der Waals surface area contributed by atoms with E-state index in [0.29, 0.717) is 12.0 Å². The van der Waals surface area contributed by atoms with Gasteiger partial charge >= 0.3 is 6.09 Å². The lowest BCUT2D eigenvalue weighted by atomic mass is 9.98. The van der Waals surface area contributed by atoms with Crippen molar-refractivity contribution in [1.82, 2.24) is 10.2 Å². The Morgan fingerprint density at radius 2 is 2.18 bits per heavy atom. The van der Waals surface area contributed by atoms with E-state index in [9.17, 15) is 4.79 Å². The summed E-state index contributed by atoms with van der Waals surface area (Å²) in [6, 6.07) is 0.552. The maximum Gasteiger partial charge on any atom is 0.410 e. The molecule has 0 bridgehead atoms. The summed E-state index contributed by atoms with van der Waals surface area (Å²) >= 11 is 2.00. The predicted octanol–water partition coefficient (Wildman–Crippen LogP) is 3.75. The maximum atomic E-state index is 12.2. The molecule has 22 heavy (non-hydrogen) atoms. The fraction of sp³-hybridized carbons (Fsp3) is 0.941. The van der Waals surface area contributed by atoms with Crippen LogP contribution in [-0.2, 0) is 4.74 Å². The van der Waals surface area contributed by atoms with Gasteiger partial charge in [0.1, 0.15) is 5.60 Å². The van der Waals surface area contributed by atoms with Crippen LogP contribution in [0.2, 0.25) is 0 Å². The number of thioether (sulfide) groups is 1. The number of nitrogens with one attached hydrogen (secondary N) is 1. The van der Waals surface area contributed by atoms with Gasteiger partial charge in [0.15, 0.2) is 0 Å². The standard InChI is InChI=1S/C17H34N2O2S/c1-6-22-11-9-14(2)18-12-15-8-7-10-19(13-15)16(20)21-17(3,4)5/h14-15,18H,6-13H2,1-5H3. The number of rotatable bonds is 7. The molecule has 1 aliphatic heterocycles. The highest BCUT2D eigenvalue weighted by Crippen LogP contribution is 2.19. The van der Waals surface area contributed by atoms with Crippen LogP contribution in [0.4, 0.5) is 4.79 Å². The van der Waals surface area contributed by atoms with Gasteiger partial charge in [0, 0.05) is 19.1 Å². The van der Waals surface area contributed by atoms with Crippen molar-refractivity contribution in [2.75, 3.05) is 31.1 Å².